The number of nitrogens with zero attached hydrogens (tertiary/aromatic N) is 2. The predicted octanol–water partition coefficient (Wildman–Crippen LogP) is 2.47. The number of benzene rings is 1. The van der Waals surface area contributed by atoms with Crippen LogP contribution in [0.3, 0.4) is 0 Å². The van der Waals surface area contributed by atoms with Crippen molar-refractivity contribution in [2.45, 2.75) is 20.4 Å². The maximum atomic E-state index is 12.2. The molecule has 1 aliphatic rings. The van der Waals surface area contributed by atoms with Gasteiger partial charge in [-0.25, -0.2) is 0 Å². The molecule has 0 radical (unpaired) electrons. The third-order valence-electron chi connectivity index (χ3n) is 4.34. The van der Waals surface area contributed by atoms with E-state index in [1.165, 1.54) is 0 Å². The Bertz CT molecular complexity index is 802. The molecule has 126 valence electrons. The van der Waals surface area contributed by atoms with Gasteiger partial charge in [-0.1, -0.05) is 41.0 Å². The van der Waals surface area contributed by atoms with Gasteiger partial charge in [0.2, 0.25) is 5.91 Å². The zero-order valence-electron chi connectivity index (χ0n) is 13.1. The number of hydrogen-bond acceptors (Lipinski definition) is 5. The van der Waals surface area contributed by atoms with E-state index < -0.39 is 23.2 Å². The largest absolute Gasteiger partial charge is 0.481 e. The first-order valence-corrected chi connectivity index (χ1v) is 8.19. The molecule has 2 atom stereocenters. The predicted molar refractivity (Wildman–Crippen MR) is 87.7 cm³/mol. The number of rotatable bonds is 5. The third-order valence-corrected chi connectivity index (χ3v) is 4.83. The second-order valence-electron chi connectivity index (χ2n) is 6.36. The van der Waals surface area contributed by atoms with E-state index in [1.54, 1.807) is 13.8 Å². The highest BCUT2D eigenvalue weighted by Gasteiger charge is 2.65. The lowest BCUT2D eigenvalue weighted by Crippen LogP contribution is -2.27. The molecule has 1 saturated carbocycles. The number of carbonyl (C=O) groups is 2. The number of amides is 1. The van der Waals surface area contributed by atoms with Gasteiger partial charge in [-0.2, -0.15) is 4.98 Å². The first-order valence-electron chi connectivity index (χ1n) is 7.39. The van der Waals surface area contributed by atoms with Gasteiger partial charge >= 0.3 is 5.97 Å². The van der Waals surface area contributed by atoms with Crippen LogP contribution in [0.15, 0.2) is 33.3 Å². The van der Waals surface area contributed by atoms with Crippen LogP contribution in [0.25, 0.3) is 11.5 Å². The lowest BCUT2D eigenvalue weighted by Gasteiger charge is -2.03. The van der Waals surface area contributed by atoms with Crippen LogP contribution in [0, 0.1) is 17.3 Å². The summed E-state index contributed by atoms with van der Waals surface area (Å²) in [6.07, 6.45) is 0. The molecule has 8 heteroatoms. The molecule has 24 heavy (non-hydrogen) atoms. The topological polar surface area (TPSA) is 105 Å². The smallest absolute Gasteiger partial charge is 0.307 e. The number of halogens is 1. The van der Waals surface area contributed by atoms with Gasteiger partial charge in [0.25, 0.3) is 5.89 Å². The number of carbonyl (C=O) groups excluding carboxylic acids is 1. The van der Waals surface area contributed by atoms with Crippen molar-refractivity contribution in [1.82, 2.24) is 15.5 Å². The average Bonchev–Trinajstić information content (AvgIpc) is 2.88. The number of hydrogen-bond donors (Lipinski definition) is 2. The van der Waals surface area contributed by atoms with Crippen molar-refractivity contribution >= 4 is 27.8 Å². The van der Waals surface area contributed by atoms with Crippen molar-refractivity contribution in [3.05, 3.63) is 34.6 Å². The molecule has 2 aromatic rings. The molecule has 0 spiro atoms. The fourth-order valence-corrected chi connectivity index (χ4v) is 3.33. The Morgan fingerprint density at radius 2 is 2.12 bits per heavy atom. The van der Waals surface area contributed by atoms with Crippen LogP contribution in [0.4, 0.5) is 0 Å². The van der Waals surface area contributed by atoms with Crippen LogP contribution in [-0.2, 0) is 16.1 Å². The lowest BCUT2D eigenvalue weighted by atomic mass is 10.1. The summed E-state index contributed by atoms with van der Waals surface area (Å²) in [4.78, 5) is 27.5. The van der Waals surface area contributed by atoms with E-state index in [1.807, 2.05) is 24.3 Å². The summed E-state index contributed by atoms with van der Waals surface area (Å²) >= 11 is 3.37. The summed E-state index contributed by atoms with van der Waals surface area (Å²) in [7, 11) is 0. The Kier molecular flexibility index (Phi) is 4.16. The van der Waals surface area contributed by atoms with Gasteiger partial charge in [-0.15, -0.1) is 0 Å². The molecule has 1 amide bonds. The number of carboxylic acid groups (broad SMARTS) is 1. The number of carboxylic acids is 1. The Hall–Kier alpha value is -2.22. The molecule has 1 fully saturated rings. The summed E-state index contributed by atoms with van der Waals surface area (Å²) in [5.74, 6) is -1.75. The van der Waals surface area contributed by atoms with Gasteiger partial charge in [0.1, 0.15) is 0 Å². The highest BCUT2D eigenvalue weighted by Crippen LogP contribution is 2.58. The molecule has 7 nitrogen and oxygen atoms in total. The molecule has 0 bridgehead atoms. The van der Waals surface area contributed by atoms with E-state index in [-0.39, 0.29) is 12.5 Å². The standard InChI is InChI=1S/C16H16BrN3O4/c1-16(2)11(12(16)15(22)23)13(21)18-7-10-19-14(24-20-10)8-4-3-5-9(17)6-8/h3-6,11-12H,7H2,1-2H3,(H,18,21)(H,22,23)/t11-,12+/m1/s1. The monoisotopic (exact) mass is 393 g/mol. The SMILES string of the molecule is CC1(C)[C@H](C(=O)O)[C@@H]1C(=O)NCc1noc(-c2cccc(Br)c2)n1. The van der Waals surface area contributed by atoms with Crippen molar-refractivity contribution < 1.29 is 19.2 Å². The van der Waals surface area contributed by atoms with Crippen molar-refractivity contribution in [2.75, 3.05) is 0 Å². The van der Waals surface area contributed by atoms with Crippen molar-refractivity contribution in [1.29, 1.82) is 0 Å². The molecule has 0 saturated heterocycles. The van der Waals surface area contributed by atoms with E-state index in [4.69, 9.17) is 9.63 Å². The van der Waals surface area contributed by atoms with Gasteiger partial charge < -0.3 is 14.9 Å². The quantitative estimate of drug-likeness (QED) is 0.807. The number of nitrogens with one attached hydrogen (secondary N) is 1. The Morgan fingerprint density at radius 1 is 1.38 bits per heavy atom. The van der Waals surface area contributed by atoms with Crippen LogP contribution in [0.1, 0.15) is 19.7 Å². The van der Waals surface area contributed by atoms with E-state index in [2.05, 4.69) is 31.4 Å². The summed E-state index contributed by atoms with van der Waals surface area (Å²) in [5.41, 5.74) is 0.234. The fourth-order valence-electron chi connectivity index (χ4n) is 2.93. The van der Waals surface area contributed by atoms with Gasteiger partial charge in [0.05, 0.1) is 18.4 Å². The highest BCUT2D eigenvalue weighted by molar-refractivity contribution is 9.10. The molecule has 0 unspecified atom stereocenters. The normalized spacial score (nSPS) is 21.3. The minimum absolute atomic E-state index is 0.0925. The minimum Gasteiger partial charge on any atom is -0.481 e. The van der Waals surface area contributed by atoms with E-state index in [0.29, 0.717) is 11.7 Å². The van der Waals surface area contributed by atoms with Gasteiger partial charge in [0.15, 0.2) is 5.82 Å². The third kappa shape index (κ3) is 3.06. The second kappa shape index (κ2) is 6.01. The molecule has 0 aliphatic heterocycles. The molecule has 3 rings (SSSR count). The fraction of sp³-hybridized carbons (Fsp3) is 0.375. The van der Waals surface area contributed by atoms with Crippen molar-refractivity contribution in [2.24, 2.45) is 17.3 Å². The molecular formula is C16H16BrN3O4. The van der Waals surface area contributed by atoms with Crippen LogP contribution in [0.5, 0.6) is 0 Å². The summed E-state index contributed by atoms with van der Waals surface area (Å²) in [5, 5.41) is 15.6. The van der Waals surface area contributed by atoms with Gasteiger partial charge in [0, 0.05) is 10.0 Å². The maximum Gasteiger partial charge on any atom is 0.307 e. The van der Waals surface area contributed by atoms with E-state index in [9.17, 15) is 9.59 Å². The summed E-state index contributed by atoms with van der Waals surface area (Å²) in [6.45, 7) is 3.64. The molecular weight excluding hydrogens is 378 g/mol. The molecule has 1 aliphatic carbocycles. The Labute approximate surface area is 146 Å². The first-order chi connectivity index (χ1) is 11.3. The molecule has 2 N–H and O–H groups in total. The average molecular weight is 394 g/mol. The van der Waals surface area contributed by atoms with Crippen LogP contribution < -0.4 is 5.32 Å². The van der Waals surface area contributed by atoms with Crippen LogP contribution in [-0.4, -0.2) is 27.1 Å². The van der Waals surface area contributed by atoms with Crippen LogP contribution >= 0.6 is 15.9 Å². The Balaban J connectivity index is 1.62. The summed E-state index contributed by atoms with van der Waals surface area (Å²) in [6, 6.07) is 7.42. The lowest BCUT2D eigenvalue weighted by molar-refractivity contribution is -0.140. The first kappa shape index (κ1) is 16.6. The highest BCUT2D eigenvalue weighted by atomic mass is 79.9. The summed E-state index contributed by atoms with van der Waals surface area (Å²) < 4.78 is 6.08. The minimum atomic E-state index is -0.948. The number of aromatic nitrogens is 2. The zero-order valence-corrected chi connectivity index (χ0v) is 14.7. The van der Waals surface area contributed by atoms with Crippen LogP contribution in [0.2, 0.25) is 0 Å². The van der Waals surface area contributed by atoms with Gasteiger partial charge in [-0.3, -0.25) is 9.59 Å². The molecule has 1 aromatic heterocycles. The maximum absolute atomic E-state index is 12.2. The molecule has 1 heterocycles. The van der Waals surface area contributed by atoms with Crippen molar-refractivity contribution in [3.63, 3.8) is 0 Å². The van der Waals surface area contributed by atoms with Gasteiger partial charge in [-0.05, 0) is 23.6 Å². The van der Waals surface area contributed by atoms with E-state index in [0.717, 1.165) is 10.0 Å². The second-order valence-corrected chi connectivity index (χ2v) is 7.27. The zero-order chi connectivity index (χ0) is 17.5. The van der Waals surface area contributed by atoms with Crippen molar-refractivity contribution in [3.8, 4) is 11.5 Å². The van der Waals surface area contributed by atoms with E-state index >= 15 is 0 Å². The Morgan fingerprint density at radius 3 is 2.75 bits per heavy atom. The number of aliphatic carboxylic acids is 1. The molecule has 1 aromatic carbocycles.